The van der Waals surface area contributed by atoms with E-state index in [9.17, 15) is 18.0 Å². The van der Waals surface area contributed by atoms with E-state index in [2.05, 4.69) is 5.32 Å². The lowest BCUT2D eigenvalue weighted by Crippen LogP contribution is -2.51. The van der Waals surface area contributed by atoms with E-state index in [4.69, 9.17) is 11.6 Å². The van der Waals surface area contributed by atoms with E-state index >= 15 is 0 Å². The van der Waals surface area contributed by atoms with Crippen LogP contribution in [0.4, 0.5) is 5.69 Å². The number of aryl methyl sites for hydroxylation is 1. The highest BCUT2D eigenvalue weighted by Crippen LogP contribution is 2.28. The number of amides is 2. The molecule has 196 valence electrons. The molecule has 1 atom stereocenters. The topological polar surface area (TPSA) is 86.8 Å². The van der Waals surface area contributed by atoms with Crippen molar-refractivity contribution in [3.63, 3.8) is 0 Å². The quantitative estimate of drug-likeness (QED) is 0.383. The highest BCUT2D eigenvalue weighted by atomic mass is 35.5. The number of likely N-dealkylation sites (N-methyl/N-ethyl adjacent to an activating group) is 1. The molecule has 1 N–H and O–H groups in total. The number of nitrogens with one attached hydrogen (secondary N) is 1. The maximum atomic E-state index is 13.9. The molecule has 0 aromatic heterocycles. The van der Waals surface area contributed by atoms with Gasteiger partial charge in [0.1, 0.15) is 12.6 Å². The fraction of sp³-hybridized carbons (Fsp3) is 0.286. The Bertz CT molecular complexity index is 1330. The van der Waals surface area contributed by atoms with Crippen LogP contribution in [0.25, 0.3) is 0 Å². The third kappa shape index (κ3) is 6.90. The second-order valence-corrected chi connectivity index (χ2v) is 10.8. The van der Waals surface area contributed by atoms with Crippen LogP contribution in [0.2, 0.25) is 5.02 Å². The van der Waals surface area contributed by atoms with E-state index in [1.165, 1.54) is 17.0 Å². The van der Waals surface area contributed by atoms with Gasteiger partial charge in [0, 0.05) is 18.1 Å². The van der Waals surface area contributed by atoms with Crippen LogP contribution in [0.15, 0.2) is 83.8 Å². The maximum absolute atomic E-state index is 13.9. The summed E-state index contributed by atoms with van der Waals surface area (Å²) in [6.07, 6.45) is 0.576. The minimum absolute atomic E-state index is 0.0758. The number of benzene rings is 3. The second kappa shape index (κ2) is 12.7. The monoisotopic (exact) mass is 541 g/mol. The molecule has 0 bridgehead atoms. The van der Waals surface area contributed by atoms with Crippen molar-refractivity contribution in [2.45, 2.75) is 44.7 Å². The molecule has 3 aromatic rings. The van der Waals surface area contributed by atoms with E-state index in [1.807, 2.05) is 25.1 Å². The van der Waals surface area contributed by atoms with Crippen molar-refractivity contribution in [1.29, 1.82) is 0 Å². The van der Waals surface area contributed by atoms with Gasteiger partial charge in [0.15, 0.2) is 0 Å². The Morgan fingerprint density at radius 3 is 2.27 bits per heavy atom. The Labute approximate surface area is 224 Å². The van der Waals surface area contributed by atoms with Gasteiger partial charge in [0.25, 0.3) is 10.0 Å². The van der Waals surface area contributed by atoms with Gasteiger partial charge in [-0.05, 0) is 61.7 Å². The zero-order valence-electron chi connectivity index (χ0n) is 21.2. The molecule has 0 aliphatic rings. The van der Waals surface area contributed by atoms with Crippen molar-refractivity contribution >= 4 is 39.1 Å². The van der Waals surface area contributed by atoms with Gasteiger partial charge < -0.3 is 10.2 Å². The summed E-state index contributed by atoms with van der Waals surface area (Å²) in [5.41, 5.74) is 1.94. The van der Waals surface area contributed by atoms with Crippen LogP contribution in [-0.2, 0) is 32.6 Å². The van der Waals surface area contributed by atoms with Crippen LogP contribution < -0.4 is 9.62 Å². The molecule has 2 amide bonds. The predicted molar refractivity (Wildman–Crippen MR) is 147 cm³/mol. The average Bonchev–Trinajstić information content (AvgIpc) is 2.90. The molecule has 0 saturated carbocycles. The van der Waals surface area contributed by atoms with Gasteiger partial charge in [-0.15, -0.1) is 0 Å². The number of para-hydroxylation sites is 1. The van der Waals surface area contributed by atoms with Gasteiger partial charge >= 0.3 is 0 Å². The largest absolute Gasteiger partial charge is 0.355 e. The molecule has 37 heavy (non-hydrogen) atoms. The molecular formula is C28H32ClN3O4S. The van der Waals surface area contributed by atoms with Crippen molar-refractivity contribution in [3.05, 3.63) is 95.0 Å². The summed E-state index contributed by atoms with van der Waals surface area (Å²) >= 11 is 6.15. The first kappa shape index (κ1) is 28.2. The lowest BCUT2D eigenvalue weighted by molar-refractivity contribution is -0.139. The Hall–Kier alpha value is -3.36. The van der Waals surface area contributed by atoms with Crippen molar-refractivity contribution in [1.82, 2.24) is 10.2 Å². The minimum atomic E-state index is -4.09. The molecule has 0 spiro atoms. The van der Waals surface area contributed by atoms with Crippen LogP contribution in [0, 0.1) is 0 Å². The summed E-state index contributed by atoms with van der Waals surface area (Å²) in [6, 6.07) is 21.3. The smallest absolute Gasteiger partial charge is 0.264 e. The van der Waals surface area contributed by atoms with E-state index < -0.39 is 28.5 Å². The summed E-state index contributed by atoms with van der Waals surface area (Å²) in [6.45, 7) is 5.37. The highest BCUT2D eigenvalue weighted by molar-refractivity contribution is 7.92. The lowest BCUT2D eigenvalue weighted by Gasteiger charge is -2.32. The van der Waals surface area contributed by atoms with Crippen molar-refractivity contribution in [3.8, 4) is 0 Å². The summed E-state index contributed by atoms with van der Waals surface area (Å²) in [5, 5.41) is 3.25. The summed E-state index contributed by atoms with van der Waals surface area (Å²) in [7, 11) is -4.09. The highest BCUT2D eigenvalue weighted by Gasteiger charge is 2.33. The normalized spacial score (nSPS) is 12.0. The molecule has 0 heterocycles. The lowest BCUT2D eigenvalue weighted by atomic mass is 10.1. The van der Waals surface area contributed by atoms with Gasteiger partial charge in [-0.25, -0.2) is 8.42 Å². The molecule has 3 aromatic carbocycles. The molecule has 0 aliphatic heterocycles. The van der Waals surface area contributed by atoms with Crippen molar-refractivity contribution < 1.29 is 18.0 Å². The summed E-state index contributed by atoms with van der Waals surface area (Å²) < 4.78 is 28.8. The third-order valence-corrected chi connectivity index (χ3v) is 8.02. The predicted octanol–water partition coefficient (Wildman–Crippen LogP) is 4.65. The zero-order valence-corrected chi connectivity index (χ0v) is 22.8. The van der Waals surface area contributed by atoms with Crippen LogP contribution in [-0.4, -0.2) is 44.3 Å². The first-order valence-corrected chi connectivity index (χ1v) is 14.0. The van der Waals surface area contributed by atoms with E-state index in [1.54, 1.807) is 62.4 Å². The number of nitrogens with zero attached hydrogens (tertiary/aromatic N) is 2. The van der Waals surface area contributed by atoms with Crippen LogP contribution in [0.5, 0.6) is 0 Å². The fourth-order valence-electron chi connectivity index (χ4n) is 4.02. The van der Waals surface area contributed by atoms with Crippen molar-refractivity contribution in [2.75, 3.05) is 17.4 Å². The van der Waals surface area contributed by atoms with Gasteiger partial charge in [0.2, 0.25) is 11.8 Å². The Kier molecular flexibility index (Phi) is 9.72. The summed E-state index contributed by atoms with van der Waals surface area (Å²) in [4.78, 5) is 28.1. The molecule has 0 unspecified atom stereocenters. The van der Waals surface area contributed by atoms with Crippen LogP contribution >= 0.6 is 11.6 Å². The Morgan fingerprint density at radius 2 is 1.62 bits per heavy atom. The van der Waals surface area contributed by atoms with Gasteiger partial charge in [-0.3, -0.25) is 13.9 Å². The summed E-state index contributed by atoms with van der Waals surface area (Å²) in [5.74, 6) is -0.839. The molecular weight excluding hydrogens is 510 g/mol. The molecule has 0 fully saturated rings. The Morgan fingerprint density at radius 1 is 0.946 bits per heavy atom. The SMILES string of the molecule is CCNC(=O)[C@@H](C)N(Cc1cccc(Cl)c1)C(=O)CN(c1ccccc1CC)S(=O)(=O)c1ccccc1. The number of carbonyl (C=O) groups excluding carboxylic acids is 2. The second-order valence-electron chi connectivity index (χ2n) is 8.53. The number of sulfonamides is 1. The third-order valence-electron chi connectivity index (χ3n) is 6.01. The van der Waals surface area contributed by atoms with Gasteiger partial charge in [0.05, 0.1) is 10.6 Å². The van der Waals surface area contributed by atoms with Crippen LogP contribution in [0.1, 0.15) is 31.9 Å². The van der Waals surface area contributed by atoms with E-state index in [-0.39, 0.29) is 17.3 Å². The maximum Gasteiger partial charge on any atom is 0.264 e. The number of hydrogen-bond acceptors (Lipinski definition) is 4. The van der Waals surface area contributed by atoms with E-state index in [0.717, 1.165) is 15.4 Å². The fourth-order valence-corrected chi connectivity index (χ4v) is 5.71. The number of anilines is 1. The number of carbonyl (C=O) groups is 2. The molecule has 7 nitrogen and oxygen atoms in total. The molecule has 9 heteroatoms. The number of hydrogen-bond donors (Lipinski definition) is 1. The van der Waals surface area contributed by atoms with Gasteiger partial charge in [-0.1, -0.05) is 67.1 Å². The number of rotatable bonds is 11. The first-order valence-electron chi connectivity index (χ1n) is 12.2. The Balaban J connectivity index is 2.06. The molecule has 3 rings (SSSR count). The van der Waals surface area contributed by atoms with E-state index in [0.29, 0.717) is 23.7 Å². The standard InChI is InChI=1S/C28H32ClN3O4S/c1-4-23-13-9-10-17-26(23)32(37(35,36)25-15-7-6-8-16-25)20-27(33)31(21(3)28(34)30-5-2)19-22-12-11-14-24(29)18-22/h6-18,21H,4-5,19-20H2,1-3H3,(H,30,34)/t21-/m1/s1. The average molecular weight is 542 g/mol. The number of halogens is 1. The molecule has 0 radical (unpaired) electrons. The zero-order chi connectivity index (χ0) is 27.0. The minimum Gasteiger partial charge on any atom is -0.355 e. The molecule has 0 aliphatic carbocycles. The van der Waals surface area contributed by atoms with Gasteiger partial charge in [-0.2, -0.15) is 0 Å². The molecule has 0 saturated heterocycles. The van der Waals surface area contributed by atoms with Crippen LogP contribution in [0.3, 0.4) is 0 Å². The first-order chi connectivity index (χ1) is 17.7. The van der Waals surface area contributed by atoms with Crippen molar-refractivity contribution in [2.24, 2.45) is 0 Å².